The van der Waals surface area contributed by atoms with Gasteiger partial charge in [-0.2, -0.15) is 0 Å². The van der Waals surface area contributed by atoms with E-state index in [2.05, 4.69) is 27.2 Å². The molecule has 4 nitrogen and oxygen atoms in total. The van der Waals surface area contributed by atoms with Crippen molar-refractivity contribution >= 4 is 42.3 Å². The molecule has 1 aromatic rings. The largest absolute Gasteiger partial charge is 0.341 e. The van der Waals surface area contributed by atoms with E-state index in [1.54, 1.807) is 0 Å². The molecule has 0 radical (unpaired) electrons. The van der Waals surface area contributed by atoms with Gasteiger partial charge in [0.2, 0.25) is 5.91 Å². The first-order chi connectivity index (χ1) is 11.2. The van der Waals surface area contributed by atoms with Crippen LogP contribution in [0.2, 0.25) is 5.02 Å². The summed E-state index contributed by atoms with van der Waals surface area (Å²) in [4.78, 5) is 17.0. The standard InChI is InChI=1S/C18H26ClN3O.2ClH/c19-16-6-4-15(5-7-16)14-21-9-2-10-22(12-11-21)18(23)13-17-3-1-8-20-17;;/h4-7,17,20H,1-3,8-14H2;2*1H. The molecule has 1 N–H and O–H groups in total. The van der Waals surface area contributed by atoms with E-state index in [0.717, 1.165) is 57.1 Å². The van der Waals surface area contributed by atoms with E-state index >= 15 is 0 Å². The number of hydrogen-bond acceptors (Lipinski definition) is 3. The minimum absolute atomic E-state index is 0. The van der Waals surface area contributed by atoms with Crippen LogP contribution < -0.4 is 5.32 Å². The highest BCUT2D eigenvalue weighted by Gasteiger charge is 2.23. The second-order valence-corrected chi connectivity index (χ2v) is 7.07. The van der Waals surface area contributed by atoms with Gasteiger partial charge >= 0.3 is 0 Å². The minimum Gasteiger partial charge on any atom is -0.341 e. The number of nitrogens with one attached hydrogen (secondary N) is 1. The summed E-state index contributed by atoms with van der Waals surface area (Å²) in [6.07, 6.45) is 4.06. The molecule has 2 aliphatic heterocycles. The third kappa shape index (κ3) is 6.95. The molecule has 142 valence electrons. The Hall–Kier alpha value is -0.520. The van der Waals surface area contributed by atoms with Gasteiger partial charge in [0.15, 0.2) is 0 Å². The van der Waals surface area contributed by atoms with Gasteiger partial charge in [-0.25, -0.2) is 0 Å². The predicted octanol–water partition coefficient (Wildman–Crippen LogP) is 3.36. The summed E-state index contributed by atoms with van der Waals surface area (Å²) in [6.45, 7) is 5.73. The van der Waals surface area contributed by atoms with Crippen molar-refractivity contribution in [2.45, 2.75) is 38.3 Å². The van der Waals surface area contributed by atoms with Gasteiger partial charge in [0.1, 0.15) is 0 Å². The maximum absolute atomic E-state index is 12.5. The van der Waals surface area contributed by atoms with E-state index in [0.29, 0.717) is 18.4 Å². The van der Waals surface area contributed by atoms with Crippen LogP contribution in [0.15, 0.2) is 24.3 Å². The Labute approximate surface area is 168 Å². The lowest BCUT2D eigenvalue weighted by Gasteiger charge is -2.23. The first-order valence-corrected chi connectivity index (χ1v) is 9.06. The molecule has 2 aliphatic rings. The Morgan fingerprint density at radius 2 is 1.84 bits per heavy atom. The van der Waals surface area contributed by atoms with E-state index in [-0.39, 0.29) is 24.8 Å². The Morgan fingerprint density at radius 1 is 1.08 bits per heavy atom. The Kier molecular flexibility index (Phi) is 10.1. The number of carbonyl (C=O) groups is 1. The maximum Gasteiger partial charge on any atom is 0.224 e. The van der Waals surface area contributed by atoms with Crippen LogP contribution in [0.3, 0.4) is 0 Å². The quantitative estimate of drug-likeness (QED) is 0.830. The number of halogens is 3. The molecule has 1 unspecified atom stereocenters. The summed E-state index contributed by atoms with van der Waals surface area (Å²) in [5.74, 6) is 0.317. The lowest BCUT2D eigenvalue weighted by atomic mass is 10.1. The molecule has 0 saturated carbocycles. The lowest BCUT2D eigenvalue weighted by molar-refractivity contribution is -0.131. The normalized spacial score (nSPS) is 21.2. The summed E-state index contributed by atoms with van der Waals surface area (Å²) in [6, 6.07) is 8.46. The van der Waals surface area contributed by atoms with Gasteiger partial charge in [-0.05, 0) is 43.5 Å². The molecule has 2 fully saturated rings. The second kappa shape index (κ2) is 11.2. The summed E-state index contributed by atoms with van der Waals surface area (Å²) in [5, 5.41) is 4.20. The highest BCUT2D eigenvalue weighted by atomic mass is 35.5. The van der Waals surface area contributed by atoms with Crippen LogP contribution >= 0.6 is 36.4 Å². The number of benzene rings is 1. The number of rotatable bonds is 4. The smallest absolute Gasteiger partial charge is 0.224 e. The van der Waals surface area contributed by atoms with Gasteiger partial charge < -0.3 is 10.2 Å². The van der Waals surface area contributed by atoms with Crippen LogP contribution in [0.1, 0.15) is 31.2 Å². The van der Waals surface area contributed by atoms with Gasteiger partial charge in [-0.15, -0.1) is 24.8 Å². The molecule has 0 aliphatic carbocycles. The summed E-state index contributed by atoms with van der Waals surface area (Å²) in [7, 11) is 0. The molecule has 2 saturated heterocycles. The highest BCUT2D eigenvalue weighted by Crippen LogP contribution is 2.15. The summed E-state index contributed by atoms with van der Waals surface area (Å²) >= 11 is 5.94. The lowest BCUT2D eigenvalue weighted by Crippen LogP contribution is -2.38. The SMILES string of the molecule is Cl.Cl.O=C(CC1CCCN1)N1CCCN(Cc2ccc(Cl)cc2)CC1. The minimum atomic E-state index is 0. The monoisotopic (exact) mass is 407 g/mol. The van der Waals surface area contributed by atoms with E-state index in [1.165, 1.54) is 12.0 Å². The number of hydrogen-bond donors (Lipinski definition) is 1. The molecule has 7 heteroatoms. The topological polar surface area (TPSA) is 35.6 Å². The molecule has 0 bridgehead atoms. The maximum atomic E-state index is 12.5. The second-order valence-electron chi connectivity index (χ2n) is 6.63. The number of amides is 1. The fraction of sp³-hybridized carbons (Fsp3) is 0.611. The van der Waals surface area contributed by atoms with Crippen molar-refractivity contribution in [1.29, 1.82) is 0 Å². The van der Waals surface area contributed by atoms with Crippen LogP contribution in [0, 0.1) is 0 Å². The van der Waals surface area contributed by atoms with Crippen LogP contribution in [-0.2, 0) is 11.3 Å². The van der Waals surface area contributed by atoms with Crippen LogP contribution in [0.4, 0.5) is 0 Å². The zero-order valence-corrected chi connectivity index (χ0v) is 16.8. The molecule has 2 heterocycles. The van der Waals surface area contributed by atoms with Gasteiger partial charge in [-0.1, -0.05) is 23.7 Å². The third-order valence-corrected chi connectivity index (χ3v) is 5.10. The molecule has 0 spiro atoms. The first kappa shape index (κ1) is 22.5. The molecule has 3 rings (SSSR count). The average molecular weight is 409 g/mol. The first-order valence-electron chi connectivity index (χ1n) is 8.69. The van der Waals surface area contributed by atoms with Gasteiger partial charge in [0, 0.05) is 50.2 Å². The summed E-state index contributed by atoms with van der Waals surface area (Å²) < 4.78 is 0. The van der Waals surface area contributed by atoms with Crippen molar-refractivity contribution in [3.8, 4) is 0 Å². The van der Waals surface area contributed by atoms with Crippen molar-refractivity contribution in [3.05, 3.63) is 34.9 Å². The van der Waals surface area contributed by atoms with Gasteiger partial charge in [0.25, 0.3) is 0 Å². The van der Waals surface area contributed by atoms with Crippen LogP contribution in [0.25, 0.3) is 0 Å². The molecular formula is C18H28Cl3N3O. The van der Waals surface area contributed by atoms with Crippen LogP contribution in [0.5, 0.6) is 0 Å². The van der Waals surface area contributed by atoms with Crippen molar-refractivity contribution in [3.63, 3.8) is 0 Å². The Bertz CT molecular complexity index is 521. The zero-order chi connectivity index (χ0) is 16.1. The van der Waals surface area contributed by atoms with E-state index in [1.807, 2.05) is 12.1 Å². The van der Waals surface area contributed by atoms with E-state index in [9.17, 15) is 4.79 Å². The van der Waals surface area contributed by atoms with Crippen molar-refractivity contribution in [1.82, 2.24) is 15.1 Å². The Morgan fingerprint density at radius 3 is 2.52 bits per heavy atom. The number of nitrogens with zero attached hydrogens (tertiary/aromatic N) is 2. The zero-order valence-electron chi connectivity index (χ0n) is 14.5. The van der Waals surface area contributed by atoms with Crippen molar-refractivity contribution in [2.75, 3.05) is 32.7 Å². The molecular weight excluding hydrogens is 381 g/mol. The van der Waals surface area contributed by atoms with Gasteiger partial charge in [-0.3, -0.25) is 9.69 Å². The molecule has 25 heavy (non-hydrogen) atoms. The number of carbonyl (C=O) groups excluding carboxylic acids is 1. The van der Waals surface area contributed by atoms with E-state index < -0.39 is 0 Å². The predicted molar refractivity (Wildman–Crippen MR) is 108 cm³/mol. The Balaban J connectivity index is 0.00000156. The van der Waals surface area contributed by atoms with Crippen LogP contribution in [-0.4, -0.2) is 54.5 Å². The fourth-order valence-electron chi connectivity index (χ4n) is 3.50. The molecule has 1 amide bonds. The molecule has 0 aromatic heterocycles. The summed E-state index contributed by atoms with van der Waals surface area (Å²) in [5.41, 5.74) is 1.28. The highest BCUT2D eigenvalue weighted by molar-refractivity contribution is 6.30. The van der Waals surface area contributed by atoms with E-state index in [4.69, 9.17) is 11.6 Å². The van der Waals surface area contributed by atoms with Crippen molar-refractivity contribution in [2.24, 2.45) is 0 Å². The van der Waals surface area contributed by atoms with Crippen molar-refractivity contribution < 1.29 is 4.79 Å². The molecule has 1 atom stereocenters. The van der Waals surface area contributed by atoms with Gasteiger partial charge in [0.05, 0.1) is 0 Å². The fourth-order valence-corrected chi connectivity index (χ4v) is 3.62. The third-order valence-electron chi connectivity index (χ3n) is 4.84. The average Bonchev–Trinajstić information content (AvgIpc) is 2.94. The molecule has 1 aromatic carbocycles.